The number of hydrogen-bond donors (Lipinski definition) is 0. The van der Waals surface area contributed by atoms with E-state index in [-0.39, 0.29) is 25.6 Å². The second-order valence-corrected chi connectivity index (χ2v) is 14.4. The van der Waals surface area contributed by atoms with Gasteiger partial charge in [-0.25, -0.2) is 14.6 Å². The van der Waals surface area contributed by atoms with Gasteiger partial charge in [0.2, 0.25) is 11.8 Å². The van der Waals surface area contributed by atoms with Gasteiger partial charge in [0.15, 0.2) is 16.6 Å². The minimum Gasteiger partial charge on any atom is -0.493 e. The molecule has 1 aliphatic heterocycles. The summed E-state index contributed by atoms with van der Waals surface area (Å²) in [5, 5.41) is 5.90. The Morgan fingerprint density at radius 3 is 2.44 bits per heavy atom. The number of carbonyl (C=O) groups excluding carboxylic acids is 1. The highest BCUT2D eigenvalue weighted by Gasteiger charge is 2.18. The number of esters is 1. The second-order valence-electron chi connectivity index (χ2n) is 13.3. The third-order valence-electron chi connectivity index (χ3n) is 9.31. The molecular formula is C43H45N5O6S. The lowest BCUT2D eigenvalue weighted by Crippen LogP contribution is -2.29. The molecule has 55 heavy (non-hydrogen) atoms. The number of nitrogens with zero attached hydrogens (tertiary/aromatic N) is 5. The van der Waals surface area contributed by atoms with Crippen molar-refractivity contribution in [3.05, 3.63) is 118 Å². The number of anilines is 1. The van der Waals surface area contributed by atoms with E-state index >= 15 is 0 Å². The highest BCUT2D eigenvalue weighted by Crippen LogP contribution is 2.32. The van der Waals surface area contributed by atoms with Crippen molar-refractivity contribution in [3.63, 3.8) is 0 Å². The fourth-order valence-corrected chi connectivity index (χ4v) is 7.24. The van der Waals surface area contributed by atoms with E-state index in [1.54, 1.807) is 25.4 Å². The summed E-state index contributed by atoms with van der Waals surface area (Å²) in [6.45, 7) is 8.72. The molecule has 1 saturated heterocycles. The van der Waals surface area contributed by atoms with E-state index in [9.17, 15) is 4.79 Å². The van der Waals surface area contributed by atoms with Crippen molar-refractivity contribution in [2.24, 2.45) is 0 Å². The van der Waals surface area contributed by atoms with Crippen molar-refractivity contribution in [1.82, 2.24) is 19.7 Å². The number of ether oxygens (including phenoxy) is 4. The molecular weight excluding hydrogens is 715 g/mol. The van der Waals surface area contributed by atoms with Crippen LogP contribution < -0.4 is 19.1 Å². The summed E-state index contributed by atoms with van der Waals surface area (Å²) in [5.41, 5.74) is 5.96. The normalized spacial score (nSPS) is 13.0. The third-order valence-corrected chi connectivity index (χ3v) is 10.4. The van der Waals surface area contributed by atoms with Gasteiger partial charge >= 0.3 is 5.97 Å². The first-order valence-corrected chi connectivity index (χ1v) is 19.4. The van der Waals surface area contributed by atoms with Gasteiger partial charge in [-0.2, -0.15) is 0 Å². The summed E-state index contributed by atoms with van der Waals surface area (Å²) in [6.07, 6.45) is 9.99. The quantitative estimate of drug-likeness (QED) is 0.0940. The lowest BCUT2D eigenvalue weighted by atomic mass is 10.1. The molecule has 0 N–H and O–H groups in total. The van der Waals surface area contributed by atoms with Crippen molar-refractivity contribution < 1.29 is 28.2 Å². The predicted octanol–water partition coefficient (Wildman–Crippen LogP) is 9.03. The van der Waals surface area contributed by atoms with E-state index < -0.39 is 0 Å². The molecule has 1 fully saturated rings. The van der Waals surface area contributed by atoms with Gasteiger partial charge in [0, 0.05) is 29.7 Å². The topological polar surface area (TPSA) is 114 Å². The van der Waals surface area contributed by atoms with E-state index in [1.807, 2.05) is 96.7 Å². The van der Waals surface area contributed by atoms with Crippen LogP contribution in [-0.4, -0.2) is 52.5 Å². The average molecular weight is 760 g/mol. The molecule has 0 unspecified atom stereocenters. The van der Waals surface area contributed by atoms with E-state index in [1.165, 1.54) is 24.1 Å². The van der Waals surface area contributed by atoms with Crippen molar-refractivity contribution >= 4 is 34.6 Å². The fraction of sp³-hybridized carbons (Fsp3) is 0.302. The lowest BCUT2D eigenvalue weighted by molar-refractivity contribution is -0.142. The maximum absolute atomic E-state index is 11.8. The van der Waals surface area contributed by atoms with Crippen LogP contribution in [0.5, 0.6) is 17.4 Å². The zero-order valence-electron chi connectivity index (χ0n) is 31.6. The van der Waals surface area contributed by atoms with Gasteiger partial charge in [-0.3, -0.25) is 4.79 Å². The molecule has 4 heterocycles. The van der Waals surface area contributed by atoms with E-state index in [0.717, 1.165) is 51.9 Å². The maximum Gasteiger partial charge on any atom is 0.310 e. The number of thiazole rings is 1. The van der Waals surface area contributed by atoms with Gasteiger partial charge in [0.1, 0.15) is 24.7 Å². The van der Waals surface area contributed by atoms with Crippen LogP contribution in [-0.2, 0) is 29.2 Å². The van der Waals surface area contributed by atoms with Gasteiger partial charge < -0.3 is 28.3 Å². The molecule has 6 aromatic rings. The van der Waals surface area contributed by atoms with Crippen molar-refractivity contribution in [3.8, 4) is 34.5 Å². The van der Waals surface area contributed by atoms with Crippen molar-refractivity contribution in [2.75, 3.05) is 31.7 Å². The molecule has 0 aliphatic carbocycles. The molecule has 284 valence electrons. The summed E-state index contributed by atoms with van der Waals surface area (Å²) in [5.74, 6) is 2.52. The SMILES string of the molecule is CCOC(=O)Cc1ccc(-c2nc(COc3ccc(COc4nn(-c5ccccc5)cc4C=Cc4nc(N5CCCCC5)sc4C)cc3OC)c(C)o2)cc1. The minimum absolute atomic E-state index is 0.188. The van der Waals surface area contributed by atoms with Crippen molar-refractivity contribution in [1.29, 1.82) is 0 Å². The summed E-state index contributed by atoms with van der Waals surface area (Å²) >= 11 is 1.75. The standard InChI is InChI=1S/C43H45N5O6S/c1-5-51-40(49)25-31-14-17-33(18-15-31)41-44-37(29(2)54-41)28-52-38-21-16-32(24-39(38)50-4)27-53-42-34(26-48(46-42)35-12-8-6-9-13-35)19-20-36-30(3)55-43(45-36)47-22-10-7-11-23-47/h6,8-9,12-21,24,26H,5,7,10-11,22-23,25,27-28H2,1-4H3. The Labute approximate surface area is 325 Å². The van der Waals surface area contributed by atoms with E-state index in [0.29, 0.717) is 41.3 Å². The number of benzene rings is 3. The van der Waals surface area contributed by atoms with Crippen LogP contribution >= 0.6 is 11.3 Å². The third kappa shape index (κ3) is 9.26. The molecule has 0 radical (unpaired) electrons. The number of aryl methyl sites for hydroxylation is 2. The molecule has 1 aliphatic rings. The fourth-order valence-electron chi connectivity index (χ4n) is 6.30. The Morgan fingerprint density at radius 1 is 0.891 bits per heavy atom. The summed E-state index contributed by atoms with van der Waals surface area (Å²) in [7, 11) is 1.61. The van der Waals surface area contributed by atoms with Crippen LogP contribution in [0.1, 0.15) is 64.9 Å². The minimum atomic E-state index is -0.255. The molecule has 3 aromatic heterocycles. The lowest BCUT2D eigenvalue weighted by Gasteiger charge is -2.25. The number of aromatic nitrogens is 4. The number of oxazole rings is 1. The Balaban J connectivity index is 1.02. The zero-order valence-corrected chi connectivity index (χ0v) is 32.4. The summed E-state index contributed by atoms with van der Waals surface area (Å²) in [6, 6.07) is 23.2. The first-order chi connectivity index (χ1) is 26.9. The van der Waals surface area contributed by atoms with Crippen LogP contribution in [0.15, 0.2) is 83.4 Å². The van der Waals surface area contributed by atoms with Gasteiger partial charge in [-0.1, -0.05) is 36.4 Å². The molecule has 7 rings (SSSR count). The second kappa shape index (κ2) is 17.5. The number of hydrogen-bond acceptors (Lipinski definition) is 11. The maximum atomic E-state index is 11.8. The summed E-state index contributed by atoms with van der Waals surface area (Å²) < 4.78 is 31.1. The molecule has 0 atom stereocenters. The van der Waals surface area contributed by atoms with Gasteiger partial charge in [-0.05, 0) is 99.7 Å². The van der Waals surface area contributed by atoms with Crippen LogP contribution in [0, 0.1) is 13.8 Å². The number of para-hydroxylation sites is 1. The molecule has 0 bridgehead atoms. The summed E-state index contributed by atoms with van der Waals surface area (Å²) in [4.78, 5) is 25.1. The largest absolute Gasteiger partial charge is 0.493 e. The Morgan fingerprint density at radius 2 is 1.67 bits per heavy atom. The molecule has 0 saturated carbocycles. The first kappa shape index (κ1) is 37.4. The number of piperidine rings is 1. The Kier molecular flexibility index (Phi) is 11.9. The molecule has 0 spiro atoms. The van der Waals surface area contributed by atoms with Crippen LogP contribution in [0.3, 0.4) is 0 Å². The van der Waals surface area contributed by atoms with Crippen molar-refractivity contribution in [2.45, 2.75) is 59.7 Å². The molecule has 3 aromatic carbocycles. The number of methoxy groups -OCH3 is 1. The Bertz CT molecular complexity index is 2240. The molecule has 0 amide bonds. The van der Waals surface area contributed by atoms with E-state index in [4.69, 9.17) is 33.4 Å². The highest BCUT2D eigenvalue weighted by atomic mass is 32.1. The van der Waals surface area contributed by atoms with Gasteiger partial charge in [0.05, 0.1) is 37.1 Å². The smallest absolute Gasteiger partial charge is 0.310 e. The molecule has 12 heteroatoms. The molecule has 11 nitrogen and oxygen atoms in total. The van der Waals surface area contributed by atoms with Gasteiger partial charge in [0.25, 0.3) is 0 Å². The Hall–Kier alpha value is -5.88. The zero-order chi connectivity index (χ0) is 38.1. The van der Waals surface area contributed by atoms with Crippen LogP contribution in [0.4, 0.5) is 5.13 Å². The van der Waals surface area contributed by atoms with Gasteiger partial charge in [-0.15, -0.1) is 16.4 Å². The predicted molar refractivity (Wildman–Crippen MR) is 214 cm³/mol. The highest BCUT2D eigenvalue weighted by molar-refractivity contribution is 7.15. The first-order valence-electron chi connectivity index (χ1n) is 18.6. The number of rotatable bonds is 15. The monoisotopic (exact) mass is 759 g/mol. The number of carbonyl (C=O) groups is 1. The van der Waals surface area contributed by atoms with E-state index in [2.05, 4.69) is 22.9 Å². The van der Waals surface area contributed by atoms with Crippen LogP contribution in [0.2, 0.25) is 0 Å². The average Bonchev–Trinajstić information content (AvgIpc) is 3.92. The van der Waals surface area contributed by atoms with Crippen LogP contribution in [0.25, 0.3) is 29.3 Å².